The summed E-state index contributed by atoms with van der Waals surface area (Å²) in [6.07, 6.45) is 1.12. The molecule has 0 heterocycles. The third-order valence-corrected chi connectivity index (χ3v) is 1.22. The molecule has 0 atom stereocenters. The molecule has 0 spiro atoms. The standard InChI is InChI=1S/C6H6O2.C4H4O4/c7-5-1-2-6(8)4-3-5;5-3(6)1-2-4(7)8/h1-4,7-8H;1-2H,(H,5,6)(H,7,8)/b;2-1-. The Morgan fingerprint density at radius 2 is 1.06 bits per heavy atom. The fraction of sp³-hybridized carbons (Fsp3) is 0. The van der Waals surface area contributed by atoms with E-state index in [4.69, 9.17) is 20.4 Å². The Hall–Kier alpha value is -2.50. The largest absolute Gasteiger partial charge is 0.508 e. The van der Waals surface area contributed by atoms with Crippen LogP contribution in [-0.4, -0.2) is 32.4 Å². The quantitative estimate of drug-likeness (QED) is 0.438. The summed E-state index contributed by atoms with van der Waals surface area (Å²) in [5, 5.41) is 32.9. The average Bonchev–Trinajstić information content (AvgIpc) is 2.20. The molecule has 0 bridgehead atoms. The van der Waals surface area contributed by atoms with E-state index in [1.54, 1.807) is 0 Å². The summed E-state index contributed by atoms with van der Waals surface area (Å²) in [4.78, 5) is 19.1. The fourth-order valence-electron chi connectivity index (χ4n) is 0.595. The molecule has 86 valence electrons. The summed E-state index contributed by atoms with van der Waals surface area (Å²) < 4.78 is 0. The topological polar surface area (TPSA) is 115 Å². The van der Waals surface area contributed by atoms with Crippen LogP contribution in [-0.2, 0) is 9.59 Å². The van der Waals surface area contributed by atoms with Gasteiger partial charge in [-0.3, -0.25) is 0 Å². The van der Waals surface area contributed by atoms with Crippen LogP contribution in [0.2, 0.25) is 0 Å². The molecule has 0 saturated heterocycles. The molecule has 0 saturated carbocycles. The summed E-state index contributed by atoms with van der Waals surface area (Å²) >= 11 is 0. The number of hydrogen-bond donors (Lipinski definition) is 4. The second-order valence-corrected chi connectivity index (χ2v) is 2.53. The van der Waals surface area contributed by atoms with Crippen LogP contribution >= 0.6 is 0 Å². The first-order chi connectivity index (χ1) is 7.41. The number of aliphatic carboxylic acids is 2. The van der Waals surface area contributed by atoms with Gasteiger partial charge in [0.15, 0.2) is 0 Å². The van der Waals surface area contributed by atoms with E-state index in [0.29, 0.717) is 12.2 Å². The number of carbonyl (C=O) groups is 2. The zero-order valence-electron chi connectivity index (χ0n) is 8.07. The summed E-state index contributed by atoms with van der Waals surface area (Å²) in [5.41, 5.74) is 0. The summed E-state index contributed by atoms with van der Waals surface area (Å²) in [7, 11) is 0. The monoisotopic (exact) mass is 226 g/mol. The maximum atomic E-state index is 9.55. The molecule has 4 N–H and O–H groups in total. The molecule has 6 heteroatoms. The van der Waals surface area contributed by atoms with Crippen molar-refractivity contribution in [2.75, 3.05) is 0 Å². The van der Waals surface area contributed by atoms with Crippen LogP contribution in [0.1, 0.15) is 0 Å². The molecule has 1 aromatic carbocycles. The maximum Gasteiger partial charge on any atom is 0.328 e. The number of phenols is 2. The molecule has 6 nitrogen and oxygen atoms in total. The van der Waals surface area contributed by atoms with E-state index in [2.05, 4.69) is 0 Å². The summed E-state index contributed by atoms with van der Waals surface area (Å²) in [6, 6.07) is 5.70. The van der Waals surface area contributed by atoms with E-state index in [9.17, 15) is 9.59 Å². The van der Waals surface area contributed by atoms with Crippen molar-refractivity contribution in [3.63, 3.8) is 0 Å². The fourth-order valence-corrected chi connectivity index (χ4v) is 0.595. The Morgan fingerprint density at radius 3 is 1.25 bits per heavy atom. The lowest BCUT2D eigenvalue weighted by molar-refractivity contribution is -0.134. The van der Waals surface area contributed by atoms with Gasteiger partial charge in [-0.05, 0) is 24.3 Å². The molecule has 16 heavy (non-hydrogen) atoms. The highest BCUT2D eigenvalue weighted by Crippen LogP contribution is 2.13. The normalized spacial score (nSPS) is 9.25. The third kappa shape index (κ3) is 8.11. The third-order valence-electron chi connectivity index (χ3n) is 1.22. The van der Waals surface area contributed by atoms with Crippen LogP contribution in [0.25, 0.3) is 0 Å². The van der Waals surface area contributed by atoms with Crippen molar-refractivity contribution in [1.82, 2.24) is 0 Å². The molecule has 0 fully saturated rings. The van der Waals surface area contributed by atoms with Gasteiger partial charge in [0, 0.05) is 12.2 Å². The minimum absolute atomic E-state index is 0.169. The van der Waals surface area contributed by atoms with E-state index in [1.807, 2.05) is 0 Å². The van der Waals surface area contributed by atoms with Crippen molar-refractivity contribution >= 4 is 11.9 Å². The van der Waals surface area contributed by atoms with Gasteiger partial charge in [-0.2, -0.15) is 0 Å². The molecular formula is C10H10O6. The molecule has 1 rings (SSSR count). The molecule has 0 aromatic heterocycles. The van der Waals surface area contributed by atoms with Crippen molar-refractivity contribution in [2.24, 2.45) is 0 Å². The highest BCUT2D eigenvalue weighted by Gasteiger charge is 1.88. The molecule has 0 aliphatic carbocycles. The Morgan fingerprint density at radius 1 is 0.812 bits per heavy atom. The van der Waals surface area contributed by atoms with Crippen LogP contribution in [0.3, 0.4) is 0 Å². The summed E-state index contributed by atoms with van der Waals surface area (Å²) in [5.74, 6) is -2.18. The molecular weight excluding hydrogens is 216 g/mol. The van der Waals surface area contributed by atoms with E-state index in [0.717, 1.165) is 0 Å². The lowest BCUT2D eigenvalue weighted by Gasteiger charge is -1.88. The first-order valence-corrected chi connectivity index (χ1v) is 4.03. The minimum Gasteiger partial charge on any atom is -0.508 e. The van der Waals surface area contributed by atoms with Crippen LogP contribution in [0.5, 0.6) is 11.5 Å². The van der Waals surface area contributed by atoms with Crippen molar-refractivity contribution in [3.8, 4) is 11.5 Å². The Labute approximate surface area is 90.7 Å². The van der Waals surface area contributed by atoms with Gasteiger partial charge in [0.1, 0.15) is 11.5 Å². The first-order valence-electron chi connectivity index (χ1n) is 4.03. The van der Waals surface area contributed by atoms with Gasteiger partial charge >= 0.3 is 11.9 Å². The highest BCUT2D eigenvalue weighted by atomic mass is 16.4. The average molecular weight is 226 g/mol. The second-order valence-electron chi connectivity index (χ2n) is 2.53. The predicted octanol–water partition coefficient (Wildman–Crippen LogP) is 0.810. The van der Waals surface area contributed by atoms with E-state index >= 15 is 0 Å². The van der Waals surface area contributed by atoms with Gasteiger partial charge in [0.25, 0.3) is 0 Å². The van der Waals surface area contributed by atoms with Crippen molar-refractivity contribution < 1.29 is 30.0 Å². The molecule has 0 aliphatic heterocycles. The van der Waals surface area contributed by atoms with Gasteiger partial charge in [0.2, 0.25) is 0 Å². The van der Waals surface area contributed by atoms with E-state index < -0.39 is 11.9 Å². The maximum absolute atomic E-state index is 9.55. The van der Waals surface area contributed by atoms with Crippen molar-refractivity contribution in [3.05, 3.63) is 36.4 Å². The lowest BCUT2D eigenvalue weighted by atomic mass is 10.3. The number of benzene rings is 1. The van der Waals surface area contributed by atoms with Crippen LogP contribution in [0.15, 0.2) is 36.4 Å². The number of carboxylic acid groups (broad SMARTS) is 2. The molecule has 0 aliphatic rings. The molecule has 0 radical (unpaired) electrons. The SMILES string of the molecule is O=C(O)/C=C\C(=O)O.Oc1ccc(O)cc1. The highest BCUT2D eigenvalue weighted by molar-refractivity contribution is 5.89. The van der Waals surface area contributed by atoms with E-state index in [1.165, 1.54) is 24.3 Å². The zero-order valence-corrected chi connectivity index (χ0v) is 8.07. The van der Waals surface area contributed by atoms with Crippen LogP contribution in [0.4, 0.5) is 0 Å². The van der Waals surface area contributed by atoms with Gasteiger partial charge in [-0.1, -0.05) is 0 Å². The van der Waals surface area contributed by atoms with Gasteiger partial charge in [-0.15, -0.1) is 0 Å². The van der Waals surface area contributed by atoms with Crippen molar-refractivity contribution in [1.29, 1.82) is 0 Å². The van der Waals surface area contributed by atoms with Gasteiger partial charge in [-0.25, -0.2) is 9.59 Å². The van der Waals surface area contributed by atoms with E-state index in [-0.39, 0.29) is 11.5 Å². The number of carboxylic acids is 2. The number of aromatic hydroxyl groups is 2. The van der Waals surface area contributed by atoms with Crippen LogP contribution < -0.4 is 0 Å². The smallest absolute Gasteiger partial charge is 0.328 e. The predicted molar refractivity (Wildman–Crippen MR) is 54.2 cm³/mol. The first kappa shape index (κ1) is 13.5. The second kappa shape index (κ2) is 6.88. The Bertz CT molecular complexity index is 342. The minimum atomic E-state index is -1.26. The van der Waals surface area contributed by atoms with Gasteiger partial charge in [0.05, 0.1) is 0 Å². The van der Waals surface area contributed by atoms with Crippen LogP contribution in [0, 0.1) is 0 Å². The lowest BCUT2D eigenvalue weighted by Crippen LogP contribution is -1.91. The number of hydrogen-bond acceptors (Lipinski definition) is 4. The number of phenolic OH excluding ortho intramolecular Hbond substituents is 2. The van der Waals surface area contributed by atoms with Gasteiger partial charge < -0.3 is 20.4 Å². The zero-order chi connectivity index (χ0) is 12.6. The Kier molecular flexibility index (Phi) is 5.81. The molecule has 1 aromatic rings. The summed E-state index contributed by atoms with van der Waals surface area (Å²) in [6.45, 7) is 0. The Balaban J connectivity index is 0.000000281. The number of rotatable bonds is 2. The molecule has 0 unspecified atom stereocenters. The molecule has 0 amide bonds. The van der Waals surface area contributed by atoms with Crippen molar-refractivity contribution in [2.45, 2.75) is 0 Å².